The summed E-state index contributed by atoms with van der Waals surface area (Å²) in [6.45, 7) is 4.78. The van der Waals surface area contributed by atoms with Crippen LogP contribution in [0.1, 0.15) is 22.3 Å². The maximum Gasteiger partial charge on any atom is 0.165 e. The van der Waals surface area contributed by atoms with Crippen molar-refractivity contribution in [3.63, 3.8) is 0 Å². The van der Waals surface area contributed by atoms with Crippen LogP contribution in [0.5, 0.6) is 11.5 Å². The van der Waals surface area contributed by atoms with Crippen LogP contribution in [0.15, 0.2) is 36.4 Å². The first-order valence-electron chi connectivity index (χ1n) is 6.57. The van der Waals surface area contributed by atoms with Gasteiger partial charge in [-0.1, -0.05) is 46.3 Å². The summed E-state index contributed by atoms with van der Waals surface area (Å²) >= 11 is 3.49. The third kappa shape index (κ3) is 3.15. The van der Waals surface area contributed by atoms with E-state index in [1.165, 1.54) is 16.7 Å². The predicted molar refractivity (Wildman–Crippen MR) is 85.9 cm³/mol. The number of rotatable bonds is 5. The first-order valence-corrected chi connectivity index (χ1v) is 7.69. The van der Waals surface area contributed by atoms with Crippen molar-refractivity contribution in [2.75, 3.05) is 7.11 Å². The predicted octanol–water partition coefficient (Wildman–Crippen LogP) is 4.79. The van der Waals surface area contributed by atoms with Crippen LogP contribution in [0.3, 0.4) is 0 Å². The van der Waals surface area contributed by atoms with Crippen molar-refractivity contribution >= 4 is 15.9 Å². The van der Waals surface area contributed by atoms with Gasteiger partial charge in [-0.3, -0.25) is 0 Å². The molecule has 0 unspecified atom stereocenters. The highest BCUT2D eigenvalue weighted by atomic mass is 79.9. The van der Waals surface area contributed by atoms with E-state index in [4.69, 9.17) is 9.47 Å². The number of halogens is 1. The second kappa shape index (κ2) is 6.80. The Kier molecular flexibility index (Phi) is 5.07. The van der Waals surface area contributed by atoms with Crippen LogP contribution >= 0.6 is 15.9 Å². The SMILES string of the molecule is COc1cccc(CBr)c1OCc1c(C)cccc1C. The van der Waals surface area contributed by atoms with Crippen molar-refractivity contribution in [1.82, 2.24) is 0 Å². The third-order valence-electron chi connectivity index (χ3n) is 3.43. The number of ether oxygens (including phenoxy) is 2. The Morgan fingerprint density at radius 3 is 2.25 bits per heavy atom. The van der Waals surface area contributed by atoms with Gasteiger partial charge in [0.05, 0.1) is 7.11 Å². The van der Waals surface area contributed by atoms with Gasteiger partial charge in [-0.2, -0.15) is 0 Å². The molecule has 0 N–H and O–H groups in total. The quantitative estimate of drug-likeness (QED) is 0.732. The fourth-order valence-electron chi connectivity index (χ4n) is 2.21. The minimum absolute atomic E-state index is 0.554. The maximum absolute atomic E-state index is 6.04. The Morgan fingerprint density at radius 2 is 1.65 bits per heavy atom. The van der Waals surface area contributed by atoms with Crippen LogP contribution in [0.2, 0.25) is 0 Å². The molecule has 2 aromatic rings. The lowest BCUT2D eigenvalue weighted by Gasteiger charge is -2.16. The molecule has 2 aromatic carbocycles. The van der Waals surface area contributed by atoms with Crippen molar-refractivity contribution < 1.29 is 9.47 Å². The van der Waals surface area contributed by atoms with Gasteiger partial charge in [0.25, 0.3) is 0 Å². The van der Waals surface area contributed by atoms with Gasteiger partial charge in [-0.05, 0) is 36.6 Å². The molecule has 0 aliphatic rings. The van der Waals surface area contributed by atoms with Crippen LogP contribution in [0.4, 0.5) is 0 Å². The van der Waals surface area contributed by atoms with Gasteiger partial charge < -0.3 is 9.47 Å². The van der Waals surface area contributed by atoms with Gasteiger partial charge in [0, 0.05) is 10.9 Å². The number of benzene rings is 2. The molecular weight excluding hydrogens is 316 g/mol. The van der Waals surface area contributed by atoms with E-state index in [0.717, 1.165) is 22.4 Å². The summed E-state index contributed by atoms with van der Waals surface area (Å²) < 4.78 is 11.4. The molecule has 0 saturated heterocycles. The minimum atomic E-state index is 0.554. The lowest BCUT2D eigenvalue weighted by molar-refractivity contribution is 0.281. The zero-order valence-electron chi connectivity index (χ0n) is 12.1. The molecule has 20 heavy (non-hydrogen) atoms. The average Bonchev–Trinajstić information content (AvgIpc) is 2.46. The van der Waals surface area contributed by atoms with Crippen LogP contribution in [0, 0.1) is 13.8 Å². The van der Waals surface area contributed by atoms with Crippen LogP contribution in [0.25, 0.3) is 0 Å². The molecule has 2 rings (SSSR count). The number of hydrogen-bond donors (Lipinski definition) is 0. The molecule has 0 amide bonds. The van der Waals surface area contributed by atoms with Crippen LogP contribution in [-0.2, 0) is 11.9 Å². The van der Waals surface area contributed by atoms with E-state index in [1.54, 1.807) is 7.11 Å². The first-order chi connectivity index (χ1) is 9.67. The highest BCUT2D eigenvalue weighted by Crippen LogP contribution is 2.33. The number of methoxy groups -OCH3 is 1. The van der Waals surface area contributed by atoms with Gasteiger partial charge in [0.1, 0.15) is 6.61 Å². The lowest BCUT2D eigenvalue weighted by Crippen LogP contribution is -2.03. The normalized spacial score (nSPS) is 10.4. The van der Waals surface area contributed by atoms with E-state index in [1.807, 2.05) is 18.2 Å². The third-order valence-corrected chi connectivity index (χ3v) is 4.03. The topological polar surface area (TPSA) is 18.5 Å². The molecule has 106 valence electrons. The van der Waals surface area contributed by atoms with Crippen molar-refractivity contribution in [1.29, 1.82) is 0 Å². The Balaban J connectivity index is 2.27. The van der Waals surface area contributed by atoms with Gasteiger partial charge in [-0.25, -0.2) is 0 Å². The van der Waals surface area contributed by atoms with Crippen LogP contribution < -0.4 is 9.47 Å². The maximum atomic E-state index is 6.04. The summed E-state index contributed by atoms with van der Waals surface area (Å²) in [5, 5.41) is 0.742. The molecule has 3 heteroatoms. The number of alkyl halides is 1. The van der Waals surface area contributed by atoms with E-state index >= 15 is 0 Å². The van der Waals surface area contributed by atoms with Crippen molar-refractivity contribution in [3.05, 3.63) is 58.7 Å². The second-order valence-electron chi connectivity index (χ2n) is 4.74. The summed E-state index contributed by atoms with van der Waals surface area (Å²) in [5.74, 6) is 1.59. The fourth-order valence-corrected chi connectivity index (χ4v) is 2.65. The van der Waals surface area contributed by atoms with Gasteiger partial charge in [0.15, 0.2) is 11.5 Å². The molecular formula is C17H19BrO2. The summed E-state index contributed by atoms with van der Waals surface area (Å²) in [4.78, 5) is 0. The van der Waals surface area contributed by atoms with Crippen molar-refractivity contribution in [3.8, 4) is 11.5 Å². The molecule has 0 spiro atoms. The van der Waals surface area contributed by atoms with E-state index in [-0.39, 0.29) is 0 Å². The Bertz CT molecular complexity index is 551. The Hall–Kier alpha value is -1.48. The standard InChI is InChI=1S/C17H19BrO2/c1-12-6-4-7-13(2)15(12)11-20-17-14(10-18)8-5-9-16(17)19-3/h4-9H,10-11H2,1-3H3. The number of aryl methyl sites for hydroxylation is 2. The highest BCUT2D eigenvalue weighted by Gasteiger charge is 2.11. The molecule has 2 nitrogen and oxygen atoms in total. The smallest absolute Gasteiger partial charge is 0.165 e. The van der Waals surface area contributed by atoms with Gasteiger partial charge in [0.2, 0.25) is 0 Å². The zero-order chi connectivity index (χ0) is 14.5. The number of hydrogen-bond acceptors (Lipinski definition) is 2. The molecule has 0 bridgehead atoms. The minimum Gasteiger partial charge on any atom is -0.493 e. The van der Waals surface area contributed by atoms with Gasteiger partial charge in [-0.15, -0.1) is 0 Å². The molecule has 0 fully saturated rings. The van der Waals surface area contributed by atoms with Crippen molar-refractivity contribution in [2.45, 2.75) is 25.8 Å². The summed E-state index contributed by atoms with van der Waals surface area (Å²) in [5.41, 5.74) is 4.83. The van der Waals surface area contributed by atoms with E-state index < -0.39 is 0 Å². The molecule has 0 heterocycles. The van der Waals surface area contributed by atoms with E-state index in [0.29, 0.717) is 6.61 Å². The molecule has 0 aromatic heterocycles. The monoisotopic (exact) mass is 334 g/mol. The largest absolute Gasteiger partial charge is 0.493 e. The summed E-state index contributed by atoms with van der Waals surface area (Å²) in [6, 6.07) is 12.2. The van der Waals surface area contributed by atoms with E-state index in [2.05, 4.69) is 48.0 Å². The van der Waals surface area contributed by atoms with Crippen molar-refractivity contribution in [2.24, 2.45) is 0 Å². The van der Waals surface area contributed by atoms with Crippen LogP contribution in [-0.4, -0.2) is 7.11 Å². The molecule has 0 radical (unpaired) electrons. The average molecular weight is 335 g/mol. The fraction of sp³-hybridized carbons (Fsp3) is 0.294. The Labute approximate surface area is 128 Å². The molecule has 0 saturated carbocycles. The molecule has 0 aliphatic heterocycles. The van der Waals surface area contributed by atoms with Gasteiger partial charge >= 0.3 is 0 Å². The lowest BCUT2D eigenvalue weighted by atomic mass is 10.0. The second-order valence-corrected chi connectivity index (χ2v) is 5.30. The highest BCUT2D eigenvalue weighted by molar-refractivity contribution is 9.08. The summed E-state index contributed by atoms with van der Waals surface area (Å²) in [7, 11) is 1.67. The summed E-state index contributed by atoms with van der Waals surface area (Å²) in [6.07, 6.45) is 0. The molecule has 0 aliphatic carbocycles. The first kappa shape index (κ1) is 14.9. The van der Waals surface area contributed by atoms with E-state index in [9.17, 15) is 0 Å². The Morgan fingerprint density at radius 1 is 1.00 bits per heavy atom. The zero-order valence-corrected chi connectivity index (χ0v) is 13.7. The number of para-hydroxylation sites is 1. The molecule has 0 atom stereocenters.